The highest BCUT2D eigenvalue weighted by atomic mass is 79.9. The van der Waals surface area contributed by atoms with Gasteiger partial charge in [0.1, 0.15) is 10.3 Å². The number of carbonyl (C=O) groups is 1. The molecular weight excluding hydrogens is 300 g/mol. The van der Waals surface area contributed by atoms with E-state index in [1.807, 2.05) is 6.07 Å². The van der Waals surface area contributed by atoms with Crippen molar-refractivity contribution in [1.82, 2.24) is 15.2 Å². The van der Waals surface area contributed by atoms with Crippen molar-refractivity contribution in [1.29, 1.82) is 0 Å². The van der Waals surface area contributed by atoms with Gasteiger partial charge in [-0.1, -0.05) is 6.07 Å². The van der Waals surface area contributed by atoms with Crippen LogP contribution in [-0.2, 0) is 6.54 Å². The first kappa shape index (κ1) is 12.6. The number of pyridine rings is 1. The molecule has 0 unspecified atom stereocenters. The van der Waals surface area contributed by atoms with Gasteiger partial charge in [0.05, 0.1) is 12.2 Å². The number of rotatable bonds is 3. The van der Waals surface area contributed by atoms with Gasteiger partial charge in [-0.2, -0.15) is 5.10 Å². The van der Waals surface area contributed by atoms with Crippen LogP contribution in [0.2, 0.25) is 0 Å². The number of carboxylic acid groups (broad SMARTS) is 1. The van der Waals surface area contributed by atoms with Crippen LogP contribution in [0.4, 0.5) is 10.5 Å². The summed E-state index contributed by atoms with van der Waals surface area (Å²) < 4.78 is 0.547. The Balaban J connectivity index is 2.33. The highest BCUT2D eigenvalue weighted by molar-refractivity contribution is 9.10. The number of hydrogen-bond donors (Lipinski definition) is 2. The van der Waals surface area contributed by atoms with E-state index in [0.717, 1.165) is 5.56 Å². The first-order chi connectivity index (χ1) is 8.59. The van der Waals surface area contributed by atoms with Crippen LogP contribution in [0.5, 0.6) is 0 Å². The van der Waals surface area contributed by atoms with E-state index >= 15 is 0 Å². The van der Waals surface area contributed by atoms with Crippen molar-refractivity contribution in [2.45, 2.75) is 13.5 Å². The third kappa shape index (κ3) is 2.51. The molecule has 2 aromatic heterocycles. The molecule has 0 atom stereocenters. The van der Waals surface area contributed by atoms with Gasteiger partial charge in [0.2, 0.25) is 0 Å². The van der Waals surface area contributed by atoms with Gasteiger partial charge in [-0.05, 0) is 34.5 Å². The Morgan fingerprint density at radius 1 is 1.61 bits per heavy atom. The minimum absolute atomic E-state index is 0.224. The van der Waals surface area contributed by atoms with E-state index in [9.17, 15) is 9.90 Å². The highest BCUT2D eigenvalue weighted by Crippen LogP contribution is 2.28. The summed E-state index contributed by atoms with van der Waals surface area (Å²) >= 11 is 3.26. The molecule has 6 nitrogen and oxygen atoms in total. The van der Waals surface area contributed by atoms with Gasteiger partial charge in [0.25, 0.3) is 0 Å². The second kappa shape index (κ2) is 5.18. The standard InChI is InChI=1S/C11H11BrN4O2/c1-7-9(10(12)15-14-7)16(11(17)18)6-8-3-2-4-13-5-8/h2-5H,6H2,1H3,(H,14,15)(H,17,18). The third-order valence-corrected chi connectivity index (χ3v) is 2.99. The third-order valence-electron chi connectivity index (χ3n) is 2.44. The molecule has 7 heteroatoms. The average molecular weight is 311 g/mol. The molecule has 18 heavy (non-hydrogen) atoms. The number of H-pyrrole nitrogens is 1. The second-order valence-corrected chi connectivity index (χ2v) is 4.49. The molecule has 0 aliphatic rings. The van der Waals surface area contributed by atoms with Crippen molar-refractivity contribution < 1.29 is 9.90 Å². The van der Waals surface area contributed by atoms with Gasteiger partial charge in [-0.15, -0.1) is 0 Å². The van der Waals surface area contributed by atoms with Gasteiger partial charge in [-0.25, -0.2) is 4.79 Å². The summed E-state index contributed by atoms with van der Waals surface area (Å²) in [5.74, 6) is 0. The van der Waals surface area contributed by atoms with Crippen LogP contribution < -0.4 is 4.90 Å². The molecule has 0 saturated carbocycles. The average Bonchev–Trinajstić information content (AvgIpc) is 2.67. The molecule has 0 aliphatic heterocycles. The van der Waals surface area contributed by atoms with Gasteiger partial charge in [0.15, 0.2) is 0 Å². The number of aromatic amines is 1. The quantitative estimate of drug-likeness (QED) is 0.912. The molecule has 0 fully saturated rings. The van der Waals surface area contributed by atoms with Gasteiger partial charge in [0, 0.05) is 12.4 Å². The van der Waals surface area contributed by atoms with E-state index in [4.69, 9.17) is 0 Å². The number of anilines is 1. The van der Waals surface area contributed by atoms with E-state index in [1.165, 1.54) is 4.90 Å². The van der Waals surface area contributed by atoms with Crippen LogP contribution in [0.25, 0.3) is 0 Å². The topological polar surface area (TPSA) is 82.1 Å². The van der Waals surface area contributed by atoms with Crippen molar-refractivity contribution in [3.63, 3.8) is 0 Å². The number of nitrogens with zero attached hydrogens (tertiary/aromatic N) is 3. The van der Waals surface area contributed by atoms with E-state index in [1.54, 1.807) is 25.4 Å². The molecule has 1 amide bonds. The Bertz CT molecular complexity index is 536. The molecule has 94 valence electrons. The lowest BCUT2D eigenvalue weighted by atomic mass is 10.2. The van der Waals surface area contributed by atoms with Crippen molar-refractivity contribution >= 4 is 27.7 Å². The smallest absolute Gasteiger partial charge is 0.412 e. The number of nitrogens with one attached hydrogen (secondary N) is 1. The Morgan fingerprint density at radius 3 is 2.89 bits per heavy atom. The summed E-state index contributed by atoms with van der Waals surface area (Å²) in [6, 6.07) is 3.60. The Morgan fingerprint density at radius 2 is 2.39 bits per heavy atom. The monoisotopic (exact) mass is 310 g/mol. The van der Waals surface area contributed by atoms with E-state index in [-0.39, 0.29) is 6.54 Å². The maximum Gasteiger partial charge on any atom is 0.412 e. The summed E-state index contributed by atoms with van der Waals surface area (Å²) in [5.41, 5.74) is 1.95. The molecular formula is C11H11BrN4O2. The lowest BCUT2D eigenvalue weighted by Gasteiger charge is -2.18. The van der Waals surface area contributed by atoms with E-state index in [0.29, 0.717) is 16.0 Å². The molecule has 0 aliphatic carbocycles. The first-order valence-corrected chi connectivity index (χ1v) is 5.98. The van der Waals surface area contributed by atoms with Crippen LogP contribution in [0.15, 0.2) is 29.1 Å². The molecule has 0 aromatic carbocycles. The largest absolute Gasteiger partial charge is 0.465 e. The summed E-state index contributed by atoms with van der Waals surface area (Å²) in [7, 11) is 0. The van der Waals surface area contributed by atoms with Crippen molar-refractivity contribution in [2.75, 3.05) is 4.90 Å². The minimum Gasteiger partial charge on any atom is -0.465 e. The van der Waals surface area contributed by atoms with E-state index in [2.05, 4.69) is 31.1 Å². The molecule has 0 spiro atoms. The van der Waals surface area contributed by atoms with Crippen LogP contribution in [-0.4, -0.2) is 26.4 Å². The summed E-state index contributed by atoms with van der Waals surface area (Å²) in [5, 5.41) is 16.0. The molecule has 2 N–H and O–H groups in total. The zero-order valence-corrected chi connectivity index (χ0v) is 11.2. The maximum atomic E-state index is 11.3. The fourth-order valence-electron chi connectivity index (χ4n) is 1.63. The number of halogens is 1. The highest BCUT2D eigenvalue weighted by Gasteiger charge is 2.21. The fraction of sp³-hybridized carbons (Fsp3) is 0.182. The van der Waals surface area contributed by atoms with Crippen LogP contribution >= 0.6 is 15.9 Å². The Kier molecular flexibility index (Phi) is 3.61. The lowest BCUT2D eigenvalue weighted by Crippen LogP contribution is -2.29. The lowest BCUT2D eigenvalue weighted by molar-refractivity contribution is 0.201. The van der Waals surface area contributed by atoms with Crippen LogP contribution in [0.1, 0.15) is 11.3 Å². The summed E-state index contributed by atoms with van der Waals surface area (Å²) in [6.45, 7) is 1.97. The normalized spacial score (nSPS) is 10.3. The Hall–Kier alpha value is -1.89. The van der Waals surface area contributed by atoms with Gasteiger partial charge in [-0.3, -0.25) is 15.0 Å². The van der Waals surface area contributed by atoms with E-state index < -0.39 is 6.09 Å². The summed E-state index contributed by atoms with van der Waals surface area (Å²) in [4.78, 5) is 16.5. The molecule has 0 radical (unpaired) electrons. The number of amides is 1. The van der Waals surface area contributed by atoms with Crippen LogP contribution in [0.3, 0.4) is 0 Å². The molecule has 0 bridgehead atoms. The Labute approximate surface area is 112 Å². The molecule has 2 rings (SSSR count). The zero-order valence-electron chi connectivity index (χ0n) is 9.59. The molecule has 2 heterocycles. The predicted octanol–water partition coefficient (Wildman–Crippen LogP) is 2.56. The van der Waals surface area contributed by atoms with Gasteiger partial charge < -0.3 is 5.11 Å². The minimum atomic E-state index is -1.04. The number of aromatic nitrogens is 3. The predicted molar refractivity (Wildman–Crippen MR) is 69.5 cm³/mol. The van der Waals surface area contributed by atoms with Gasteiger partial charge >= 0.3 is 6.09 Å². The van der Waals surface area contributed by atoms with Crippen molar-refractivity contribution in [2.24, 2.45) is 0 Å². The first-order valence-electron chi connectivity index (χ1n) is 5.19. The SMILES string of the molecule is Cc1n[nH]c(Br)c1N(Cc1cccnc1)C(=O)O. The van der Waals surface area contributed by atoms with Crippen LogP contribution in [0, 0.1) is 6.92 Å². The van der Waals surface area contributed by atoms with Crippen molar-refractivity contribution in [3.05, 3.63) is 40.4 Å². The fourth-order valence-corrected chi connectivity index (χ4v) is 2.22. The van der Waals surface area contributed by atoms with Crippen molar-refractivity contribution in [3.8, 4) is 0 Å². The number of hydrogen-bond acceptors (Lipinski definition) is 3. The number of aryl methyl sites for hydroxylation is 1. The molecule has 2 aromatic rings. The zero-order chi connectivity index (χ0) is 13.1. The maximum absolute atomic E-state index is 11.3. The summed E-state index contributed by atoms with van der Waals surface area (Å²) in [6.07, 6.45) is 2.25. The molecule has 0 saturated heterocycles. The second-order valence-electron chi connectivity index (χ2n) is 3.70.